The van der Waals surface area contributed by atoms with Crippen molar-refractivity contribution in [3.05, 3.63) is 81.8 Å². The van der Waals surface area contributed by atoms with Gasteiger partial charge in [-0.15, -0.1) is 0 Å². The molecule has 0 bridgehead atoms. The van der Waals surface area contributed by atoms with Gasteiger partial charge in [0.05, 0.1) is 24.8 Å². The second-order valence-corrected chi connectivity index (χ2v) is 10.9. The quantitative estimate of drug-likeness (QED) is 0.249. The summed E-state index contributed by atoms with van der Waals surface area (Å²) in [7, 11) is -0.761. The van der Waals surface area contributed by atoms with Crippen LogP contribution < -0.4 is 19.5 Å². The van der Waals surface area contributed by atoms with Gasteiger partial charge in [-0.05, 0) is 54.1 Å². The van der Waals surface area contributed by atoms with Crippen molar-refractivity contribution in [2.24, 2.45) is 0 Å². The summed E-state index contributed by atoms with van der Waals surface area (Å²) in [4.78, 5) is 12.8. The number of nitrogens with one attached hydrogen (secondary N) is 1. The lowest BCUT2D eigenvalue weighted by Crippen LogP contribution is -2.30. The van der Waals surface area contributed by atoms with Crippen LogP contribution in [0.4, 0.5) is 5.69 Å². The molecule has 3 rings (SSSR count). The van der Waals surface area contributed by atoms with E-state index in [1.165, 1.54) is 42.8 Å². The van der Waals surface area contributed by atoms with Crippen molar-refractivity contribution >= 4 is 50.9 Å². The molecule has 0 spiro atoms. The van der Waals surface area contributed by atoms with Crippen LogP contribution >= 0.6 is 23.2 Å². The van der Waals surface area contributed by atoms with Gasteiger partial charge in [-0.2, -0.15) is 4.31 Å². The second kappa shape index (κ2) is 13.7. The summed E-state index contributed by atoms with van der Waals surface area (Å²) in [5.41, 5.74) is 1.57. The van der Waals surface area contributed by atoms with Crippen LogP contribution in [0.3, 0.4) is 0 Å². The fourth-order valence-electron chi connectivity index (χ4n) is 3.73. The Kier molecular flexibility index (Phi) is 10.7. The first-order valence-corrected chi connectivity index (χ1v) is 14.2. The second-order valence-electron chi connectivity index (χ2n) is 8.17. The van der Waals surface area contributed by atoms with E-state index >= 15 is 0 Å². The largest absolute Gasteiger partial charge is 0.495 e. The smallest absolute Gasteiger partial charge is 0.248 e. The normalized spacial score (nSPS) is 11.6. The number of methoxy groups -OCH3 is 2. The number of carbonyl (C=O) groups excluding carboxylic acids is 1. The molecular weight excluding hydrogens is 563 g/mol. The molecule has 0 radical (unpaired) electrons. The zero-order valence-corrected chi connectivity index (χ0v) is 24.4. The maximum absolute atomic E-state index is 12.9. The number of hydrogen-bond acceptors (Lipinski definition) is 6. The SMILES string of the molecule is CCN(CC)S(=O)(=O)c1ccc(OC)c(NC(=O)/C=C/c2ccc(OCc3c(Cl)cccc3Cl)c(OC)c2)c1. The van der Waals surface area contributed by atoms with Crippen LogP contribution in [0.5, 0.6) is 17.2 Å². The van der Waals surface area contributed by atoms with E-state index in [2.05, 4.69) is 5.32 Å². The van der Waals surface area contributed by atoms with Crippen LogP contribution in [-0.4, -0.2) is 45.9 Å². The molecule has 1 N–H and O–H groups in total. The molecule has 0 saturated heterocycles. The van der Waals surface area contributed by atoms with E-state index in [1.54, 1.807) is 56.3 Å². The average Bonchev–Trinajstić information content (AvgIpc) is 2.92. The molecule has 3 aromatic rings. The number of halogens is 2. The van der Waals surface area contributed by atoms with Crippen molar-refractivity contribution in [1.29, 1.82) is 0 Å². The summed E-state index contributed by atoms with van der Waals surface area (Å²) in [6.45, 7) is 4.34. The molecule has 0 aromatic heterocycles. The van der Waals surface area contributed by atoms with E-state index in [1.807, 2.05) is 0 Å². The lowest BCUT2D eigenvalue weighted by molar-refractivity contribution is -0.111. The fraction of sp³-hybridized carbons (Fsp3) is 0.250. The van der Waals surface area contributed by atoms with E-state index in [0.717, 1.165) is 0 Å². The number of sulfonamides is 1. The van der Waals surface area contributed by atoms with E-state index in [9.17, 15) is 13.2 Å². The number of ether oxygens (including phenoxy) is 3. The van der Waals surface area contributed by atoms with Gasteiger partial charge in [-0.1, -0.05) is 49.2 Å². The average molecular weight is 594 g/mol. The molecule has 0 aliphatic carbocycles. The van der Waals surface area contributed by atoms with Gasteiger partial charge in [0.1, 0.15) is 12.4 Å². The minimum Gasteiger partial charge on any atom is -0.495 e. The summed E-state index contributed by atoms with van der Waals surface area (Å²) in [6.07, 6.45) is 2.92. The molecule has 3 aromatic carbocycles. The predicted octanol–water partition coefficient (Wildman–Crippen LogP) is 6.27. The number of carbonyl (C=O) groups is 1. The Morgan fingerprint density at radius 2 is 1.56 bits per heavy atom. The summed E-state index contributed by atoms with van der Waals surface area (Å²) in [5.74, 6) is 0.790. The highest BCUT2D eigenvalue weighted by Gasteiger charge is 2.23. The van der Waals surface area contributed by atoms with Gasteiger partial charge in [-0.25, -0.2) is 8.42 Å². The third kappa shape index (κ3) is 7.45. The standard InChI is InChI=1S/C28H30Cl2N2O6S/c1-5-32(6-2)39(34,35)20-12-14-25(36-3)24(17-20)31-28(33)15-11-19-10-13-26(27(16-19)37-4)38-18-21-22(29)8-7-9-23(21)30/h7-17H,5-6,18H2,1-4H3,(H,31,33)/b15-11+. The Balaban J connectivity index is 1.75. The molecule has 0 aliphatic heterocycles. The first-order chi connectivity index (χ1) is 18.6. The molecule has 0 aliphatic rings. The van der Waals surface area contributed by atoms with Crippen molar-refractivity contribution in [2.45, 2.75) is 25.3 Å². The minimum atomic E-state index is -3.71. The topological polar surface area (TPSA) is 94.2 Å². The van der Waals surface area contributed by atoms with E-state index in [4.69, 9.17) is 37.4 Å². The molecule has 0 fully saturated rings. The van der Waals surface area contributed by atoms with Crippen molar-refractivity contribution in [3.8, 4) is 17.2 Å². The van der Waals surface area contributed by atoms with Crippen molar-refractivity contribution in [2.75, 3.05) is 32.6 Å². The first-order valence-electron chi connectivity index (χ1n) is 12.1. The van der Waals surface area contributed by atoms with Crippen LogP contribution in [0.1, 0.15) is 25.0 Å². The molecular formula is C28H30Cl2N2O6S. The molecule has 0 atom stereocenters. The first kappa shape index (κ1) is 30.3. The molecule has 39 heavy (non-hydrogen) atoms. The van der Waals surface area contributed by atoms with Gasteiger partial charge < -0.3 is 19.5 Å². The number of rotatable bonds is 12. The van der Waals surface area contributed by atoms with Gasteiger partial charge in [0, 0.05) is 34.8 Å². The van der Waals surface area contributed by atoms with E-state index in [0.29, 0.717) is 51.5 Å². The van der Waals surface area contributed by atoms with Gasteiger partial charge >= 0.3 is 0 Å². The number of amides is 1. The highest BCUT2D eigenvalue weighted by atomic mass is 35.5. The molecule has 0 heterocycles. The summed E-state index contributed by atoms with van der Waals surface area (Å²) < 4.78 is 43.8. The maximum atomic E-state index is 12.9. The van der Waals surface area contributed by atoms with Crippen molar-refractivity contribution in [3.63, 3.8) is 0 Å². The molecule has 11 heteroatoms. The van der Waals surface area contributed by atoms with Crippen molar-refractivity contribution < 1.29 is 27.4 Å². The number of hydrogen-bond donors (Lipinski definition) is 1. The summed E-state index contributed by atoms with van der Waals surface area (Å²) >= 11 is 12.4. The maximum Gasteiger partial charge on any atom is 0.248 e. The molecule has 1 amide bonds. The lowest BCUT2D eigenvalue weighted by atomic mass is 10.2. The van der Waals surface area contributed by atoms with Gasteiger partial charge in [-0.3, -0.25) is 4.79 Å². The molecule has 208 valence electrons. The zero-order chi connectivity index (χ0) is 28.6. The predicted molar refractivity (Wildman–Crippen MR) is 155 cm³/mol. The van der Waals surface area contributed by atoms with Gasteiger partial charge in [0.2, 0.25) is 15.9 Å². The van der Waals surface area contributed by atoms with Crippen LogP contribution in [0.15, 0.2) is 65.6 Å². The Labute approximate surface area is 239 Å². The molecule has 0 saturated carbocycles. The summed E-state index contributed by atoms with van der Waals surface area (Å²) in [6, 6.07) is 14.8. The Morgan fingerprint density at radius 3 is 2.18 bits per heavy atom. The fourth-order valence-corrected chi connectivity index (χ4v) is 5.72. The third-order valence-corrected chi connectivity index (χ3v) is 8.57. The highest BCUT2D eigenvalue weighted by molar-refractivity contribution is 7.89. The number of nitrogens with zero attached hydrogens (tertiary/aromatic N) is 1. The Morgan fingerprint density at radius 1 is 0.923 bits per heavy atom. The Hall–Kier alpha value is -3.24. The monoisotopic (exact) mass is 592 g/mol. The third-order valence-electron chi connectivity index (χ3n) is 5.82. The van der Waals surface area contributed by atoms with Crippen LogP contribution in [0.2, 0.25) is 10.0 Å². The Bertz CT molecular complexity index is 1440. The zero-order valence-electron chi connectivity index (χ0n) is 22.0. The molecule has 0 unspecified atom stereocenters. The lowest BCUT2D eigenvalue weighted by Gasteiger charge is -2.19. The summed E-state index contributed by atoms with van der Waals surface area (Å²) in [5, 5.41) is 3.69. The van der Waals surface area contributed by atoms with E-state index in [-0.39, 0.29) is 17.2 Å². The minimum absolute atomic E-state index is 0.0599. The number of anilines is 1. The van der Waals surface area contributed by atoms with E-state index < -0.39 is 15.9 Å². The van der Waals surface area contributed by atoms with Gasteiger partial charge in [0.15, 0.2) is 11.5 Å². The van der Waals surface area contributed by atoms with Crippen molar-refractivity contribution in [1.82, 2.24) is 4.31 Å². The number of benzene rings is 3. The van der Waals surface area contributed by atoms with Crippen LogP contribution in [0, 0.1) is 0 Å². The van der Waals surface area contributed by atoms with Crippen LogP contribution in [-0.2, 0) is 21.4 Å². The highest BCUT2D eigenvalue weighted by Crippen LogP contribution is 2.32. The van der Waals surface area contributed by atoms with Crippen LogP contribution in [0.25, 0.3) is 6.08 Å². The molecule has 8 nitrogen and oxygen atoms in total. The van der Waals surface area contributed by atoms with Gasteiger partial charge in [0.25, 0.3) is 0 Å².